The summed E-state index contributed by atoms with van der Waals surface area (Å²) in [5.41, 5.74) is 0.212. The molecule has 4 amide bonds. The van der Waals surface area contributed by atoms with Crippen LogP contribution in [0.4, 0.5) is 4.79 Å². The summed E-state index contributed by atoms with van der Waals surface area (Å²) in [7, 11) is 0. The predicted molar refractivity (Wildman–Crippen MR) is 98.1 cm³/mol. The summed E-state index contributed by atoms with van der Waals surface area (Å²) in [5.74, 6) is -0.349. The first-order valence-corrected chi connectivity index (χ1v) is 9.43. The van der Waals surface area contributed by atoms with Crippen LogP contribution in [0.15, 0.2) is 30.3 Å². The van der Waals surface area contributed by atoms with Gasteiger partial charge in [0, 0.05) is 13.1 Å². The second kappa shape index (κ2) is 7.48. The maximum absolute atomic E-state index is 13.0. The molecule has 0 aromatic heterocycles. The number of hydrogen-bond acceptors (Lipinski definition) is 3. The van der Waals surface area contributed by atoms with Crippen molar-refractivity contribution in [3.8, 4) is 0 Å². The van der Waals surface area contributed by atoms with Gasteiger partial charge in [-0.05, 0) is 31.2 Å². The highest BCUT2D eigenvalue weighted by molar-refractivity contribution is 6.09. The maximum atomic E-state index is 13.0. The van der Waals surface area contributed by atoms with Crippen LogP contribution in [0.3, 0.4) is 0 Å². The molecule has 1 aliphatic carbocycles. The SMILES string of the molecule is CCN(Cc1ccccc1)C(=O)CN1C(=O)NC2(CCCCC2C)C1=O. The van der Waals surface area contributed by atoms with Gasteiger partial charge in [0.15, 0.2) is 0 Å². The molecular formula is C20H27N3O3. The molecular weight excluding hydrogens is 330 g/mol. The van der Waals surface area contributed by atoms with Crippen molar-refractivity contribution >= 4 is 17.8 Å². The molecule has 1 heterocycles. The Balaban J connectivity index is 1.70. The van der Waals surface area contributed by atoms with E-state index in [1.54, 1.807) is 4.90 Å². The van der Waals surface area contributed by atoms with Crippen LogP contribution in [-0.2, 0) is 16.1 Å². The molecule has 1 saturated heterocycles. The highest BCUT2D eigenvalue weighted by Gasteiger charge is 2.55. The minimum absolute atomic E-state index is 0.0967. The number of urea groups is 1. The smallest absolute Gasteiger partial charge is 0.325 e. The van der Waals surface area contributed by atoms with Crippen LogP contribution in [-0.4, -0.2) is 46.3 Å². The van der Waals surface area contributed by atoms with Gasteiger partial charge in [-0.2, -0.15) is 0 Å². The van der Waals surface area contributed by atoms with Gasteiger partial charge in [-0.15, -0.1) is 0 Å². The first kappa shape index (κ1) is 18.4. The summed E-state index contributed by atoms with van der Waals surface area (Å²) in [5, 5.41) is 2.90. The molecule has 0 radical (unpaired) electrons. The minimum Gasteiger partial charge on any atom is -0.337 e. The van der Waals surface area contributed by atoms with Gasteiger partial charge in [-0.1, -0.05) is 50.1 Å². The van der Waals surface area contributed by atoms with Crippen LogP contribution < -0.4 is 5.32 Å². The van der Waals surface area contributed by atoms with E-state index >= 15 is 0 Å². The second-order valence-corrected chi connectivity index (χ2v) is 7.33. The Bertz CT molecular complexity index is 691. The Hall–Kier alpha value is -2.37. The third-order valence-corrected chi connectivity index (χ3v) is 5.75. The number of likely N-dealkylation sites (N-methyl/N-ethyl adjacent to an activating group) is 1. The van der Waals surface area contributed by atoms with E-state index in [2.05, 4.69) is 5.32 Å². The molecule has 2 aliphatic rings. The first-order valence-electron chi connectivity index (χ1n) is 9.43. The Kier molecular flexibility index (Phi) is 5.30. The van der Waals surface area contributed by atoms with Gasteiger partial charge in [-0.25, -0.2) is 4.79 Å². The van der Waals surface area contributed by atoms with Crippen LogP contribution in [0.1, 0.15) is 45.1 Å². The van der Waals surface area contributed by atoms with Crippen molar-refractivity contribution < 1.29 is 14.4 Å². The van der Waals surface area contributed by atoms with Crippen LogP contribution >= 0.6 is 0 Å². The van der Waals surface area contributed by atoms with E-state index in [1.807, 2.05) is 44.2 Å². The number of imide groups is 1. The van der Waals surface area contributed by atoms with E-state index in [4.69, 9.17) is 0 Å². The van der Waals surface area contributed by atoms with Crippen molar-refractivity contribution in [1.82, 2.24) is 15.1 Å². The van der Waals surface area contributed by atoms with E-state index < -0.39 is 11.6 Å². The lowest BCUT2D eigenvalue weighted by Gasteiger charge is -2.36. The molecule has 3 rings (SSSR count). The summed E-state index contributed by atoms with van der Waals surface area (Å²) in [6.07, 6.45) is 3.58. The molecule has 1 N–H and O–H groups in total. The van der Waals surface area contributed by atoms with Gasteiger partial charge in [0.2, 0.25) is 5.91 Å². The highest BCUT2D eigenvalue weighted by Crippen LogP contribution is 2.38. The molecule has 1 aliphatic heterocycles. The van der Waals surface area contributed by atoms with Gasteiger partial charge < -0.3 is 10.2 Å². The lowest BCUT2D eigenvalue weighted by Crippen LogP contribution is -2.54. The fourth-order valence-electron chi connectivity index (χ4n) is 4.05. The summed E-state index contributed by atoms with van der Waals surface area (Å²) in [6, 6.07) is 9.27. The van der Waals surface area contributed by atoms with Crippen molar-refractivity contribution in [2.24, 2.45) is 5.92 Å². The molecule has 1 saturated carbocycles. The number of carbonyl (C=O) groups is 3. The van der Waals surface area contributed by atoms with Crippen molar-refractivity contribution in [1.29, 1.82) is 0 Å². The van der Waals surface area contributed by atoms with Crippen molar-refractivity contribution in [2.45, 2.75) is 51.6 Å². The fraction of sp³-hybridized carbons (Fsp3) is 0.550. The number of nitrogens with one attached hydrogen (secondary N) is 1. The van der Waals surface area contributed by atoms with Gasteiger partial charge in [0.05, 0.1) is 0 Å². The topological polar surface area (TPSA) is 69.7 Å². The normalized spacial score (nSPS) is 25.5. The Morgan fingerprint density at radius 3 is 2.65 bits per heavy atom. The molecule has 6 nitrogen and oxygen atoms in total. The Morgan fingerprint density at radius 1 is 1.27 bits per heavy atom. The van der Waals surface area contributed by atoms with E-state index in [0.717, 1.165) is 29.7 Å². The van der Waals surface area contributed by atoms with Crippen LogP contribution in [0, 0.1) is 5.92 Å². The van der Waals surface area contributed by atoms with Crippen molar-refractivity contribution in [2.75, 3.05) is 13.1 Å². The van der Waals surface area contributed by atoms with Crippen molar-refractivity contribution in [3.63, 3.8) is 0 Å². The molecule has 1 aromatic carbocycles. The largest absolute Gasteiger partial charge is 0.337 e. The lowest BCUT2D eigenvalue weighted by molar-refractivity contribution is -0.140. The van der Waals surface area contributed by atoms with Gasteiger partial charge in [0.1, 0.15) is 12.1 Å². The number of benzene rings is 1. The minimum atomic E-state index is -0.813. The van der Waals surface area contributed by atoms with Crippen molar-refractivity contribution in [3.05, 3.63) is 35.9 Å². The van der Waals surface area contributed by atoms with Gasteiger partial charge in [0.25, 0.3) is 5.91 Å². The lowest BCUT2D eigenvalue weighted by atomic mass is 9.73. The summed E-state index contributed by atoms with van der Waals surface area (Å²) in [6.45, 7) is 4.72. The number of carbonyl (C=O) groups excluding carboxylic acids is 3. The third-order valence-electron chi connectivity index (χ3n) is 5.75. The average Bonchev–Trinajstić information content (AvgIpc) is 2.88. The third kappa shape index (κ3) is 3.32. The molecule has 6 heteroatoms. The summed E-state index contributed by atoms with van der Waals surface area (Å²) < 4.78 is 0. The quantitative estimate of drug-likeness (QED) is 0.823. The molecule has 140 valence electrons. The van der Waals surface area contributed by atoms with E-state index in [-0.39, 0.29) is 24.3 Å². The van der Waals surface area contributed by atoms with Crippen LogP contribution in [0.2, 0.25) is 0 Å². The molecule has 0 bridgehead atoms. The molecule has 2 fully saturated rings. The highest BCUT2D eigenvalue weighted by atomic mass is 16.2. The zero-order chi connectivity index (χ0) is 18.7. The molecule has 26 heavy (non-hydrogen) atoms. The standard InChI is InChI=1S/C20H27N3O3/c1-3-22(13-16-10-5-4-6-11-16)17(24)14-23-18(25)20(21-19(23)26)12-8-7-9-15(20)2/h4-6,10-11,15H,3,7-9,12-14H2,1-2H3,(H,21,26). The Morgan fingerprint density at radius 2 is 2.00 bits per heavy atom. The molecule has 2 atom stereocenters. The van der Waals surface area contributed by atoms with Crippen LogP contribution in [0.25, 0.3) is 0 Å². The molecule has 1 spiro atoms. The average molecular weight is 357 g/mol. The second-order valence-electron chi connectivity index (χ2n) is 7.33. The Labute approximate surface area is 154 Å². The monoisotopic (exact) mass is 357 g/mol. The van der Waals surface area contributed by atoms with E-state index in [1.165, 1.54) is 0 Å². The van der Waals surface area contributed by atoms with Gasteiger partial charge in [-0.3, -0.25) is 14.5 Å². The zero-order valence-electron chi connectivity index (χ0n) is 15.5. The predicted octanol–water partition coefficient (Wildman–Crippen LogP) is 2.54. The zero-order valence-corrected chi connectivity index (χ0v) is 15.5. The number of hydrogen-bond donors (Lipinski definition) is 1. The number of nitrogens with zero attached hydrogens (tertiary/aromatic N) is 2. The number of rotatable bonds is 5. The molecule has 1 aromatic rings. The van der Waals surface area contributed by atoms with Crippen LogP contribution in [0.5, 0.6) is 0 Å². The van der Waals surface area contributed by atoms with E-state index in [0.29, 0.717) is 19.5 Å². The van der Waals surface area contributed by atoms with Gasteiger partial charge >= 0.3 is 6.03 Å². The molecule has 2 unspecified atom stereocenters. The summed E-state index contributed by atoms with van der Waals surface area (Å²) in [4.78, 5) is 40.9. The first-order chi connectivity index (χ1) is 12.5. The fourth-order valence-corrected chi connectivity index (χ4v) is 4.05. The van der Waals surface area contributed by atoms with E-state index in [9.17, 15) is 14.4 Å². The number of amides is 4. The summed E-state index contributed by atoms with van der Waals surface area (Å²) >= 11 is 0. The maximum Gasteiger partial charge on any atom is 0.325 e.